The Bertz CT molecular complexity index is 384. The highest BCUT2D eigenvalue weighted by molar-refractivity contribution is 9.10. The molecule has 0 aliphatic carbocycles. The molecular weight excluding hydrogens is 236 g/mol. The Kier molecular flexibility index (Phi) is 2.98. The molecule has 0 saturated carbocycles. The zero-order valence-electron chi connectivity index (χ0n) is 6.53. The van der Waals surface area contributed by atoms with Crippen LogP contribution >= 0.6 is 15.9 Å². The number of benzene rings is 1. The molecule has 0 aliphatic heterocycles. The zero-order valence-corrected chi connectivity index (χ0v) is 8.11. The van der Waals surface area contributed by atoms with E-state index in [0.717, 1.165) is 0 Å². The normalized spacial score (nSPS) is 9.23. The lowest BCUT2D eigenvalue weighted by Gasteiger charge is -1.98. The van der Waals surface area contributed by atoms with Gasteiger partial charge in [-0.25, -0.2) is 0 Å². The van der Waals surface area contributed by atoms with Crippen LogP contribution in [0.5, 0.6) is 0 Å². The van der Waals surface area contributed by atoms with E-state index in [1.165, 1.54) is 6.07 Å². The maximum absolute atomic E-state index is 10.2. The van der Waals surface area contributed by atoms with Gasteiger partial charge in [0.15, 0.2) is 0 Å². The lowest BCUT2D eigenvalue weighted by molar-refractivity contribution is -0.497. The maximum atomic E-state index is 10.2. The summed E-state index contributed by atoms with van der Waals surface area (Å²) in [7, 11) is 0. The first-order valence-corrected chi connectivity index (χ1v) is 4.23. The predicted octanol–water partition coefficient (Wildman–Crippen LogP) is 2.10. The smallest absolute Gasteiger partial charge is 0.230 e. The molecule has 0 heterocycles. The summed E-state index contributed by atoms with van der Waals surface area (Å²) >= 11 is 3.17. The molecule has 0 atom stereocenters. The topological polar surface area (TPSA) is 66.9 Å². The average molecular weight is 241 g/mol. The molecule has 1 aromatic carbocycles. The second-order valence-corrected chi connectivity index (χ2v) is 3.26. The largest absolute Gasteiger partial charge is 0.264 e. The first-order chi connectivity index (χ1) is 6.13. The molecule has 4 nitrogen and oxygen atoms in total. The molecule has 0 aromatic heterocycles. The van der Waals surface area contributed by atoms with Crippen LogP contribution in [0.4, 0.5) is 0 Å². The number of nitro groups is 1. The summed E-state index contributed by atoms with van der Waals surface area (Å²) in [6.07, 6.45) is 0. The minimum atomic E-state index is -0.429. The van der Waals surface area contributed by atoms with Crippen molar-refractivity contribution < 1.29 is 4.92 Å². The monoisotopic (exact) mass is 240 g/mol. The number of rotatable bonds is 2. The third kappa shape index (κ3) is 2.53. The quantitative estimate of drug-likeness (QED) is 0.588. The minimum Gasteiger partial charge on any atom is -0.264 e. The van der Waals surface area contributed by atoms with Crippen molar-refractivity contribution in [1.82, 2.24) is 0 Å². The molecule has 5 heteroatoms. The Morgan fingerprint density at radius 3 is 2.85 bits per heavy atom. The van der Waals surface area contributed by atoms with E-state index in [9.17, 15) is 10.1 Å². The van der Waals surface area contributed by atoms with Crippen molar-refractivity contribution in [2.45, 2.75) is 6.54 Å². The highest BCUT2D eigenvalue weighted by Crippen LogP contribution is 2.18. The molecule has 0 bridgehead atoms. The van der Waals surface area contributed by atoms with Gasteiger partial charge in [0.1, 0.15) is 0 Å². The zero-order chi connectivity index (χ0) is 9.84. The Morgan fingerprint density at radius 1 is 1.62 bits per heavy atom. The molecule has 0 spiro atoms. The lowest BCUT2D eigenvalue weighted by atomic mass is 10.1. The fraction of sp³-hybridized carbons (Fsp3) is 0.125. The van der Waals surface area contributed by atoms with Gasteiger partial charge in [0.2, 0.25) is 6.54 Å². The Hall–Kier alpha value is -1.41. The Labute approximate surface area is 83.1 Å². The van der Waals surface area contributed by atoms with Gasteiger partial charge in [0.25, 0.3) is 0 Å². The molecule has 13 heavy (non-hydrogen) atoms. The second kappa shape index (κ2) is 4.01. The molecule has 1 rings (SSSR count). The summed E-state index contributed by atoms with van der Waals surface area (Å²) in [5.41, 5.74) is 0.948. The molecule has 0 aliphatic rings. The van der Waals surface area contributed by atoms with Gasteiger partial charge in [-0.1, -0.05) is 15.9 Å². The van der Waals surface area contributed by atoms with Crippen molar-refractivity contribution >= 4 is 15.9 Å². The number of nitrogens with zero attached hydrogens (tertiary/aromatic N) is 2. The fourth-order valence-corrected chi connectivity index (χ4v) is 1.28. The third-order valence-corrected chi connectivity index (χ3v) is 2.25. The van der Waals surface area contributed by atoms with Crippen LogP contribution in [-0.2, 0) is 6.54 Å². The van der Waals surface area contributed by atoms with Crippen LogP contribution in [0.25, 0.3) is 0 Å². The van der Waals surface area contributed by atoms with Gasteiger partial charge in [-0.05, 0) is 18.2 Å². The highest BCUT2D eigenvalue weighted by atomic mass is 79.9. The van der Waals surface area contributed by atoms with E-state index in [1.807, 2.05) is 6.07 Å². The van der Waals surface area contributed by atoms with E-state index in [2.05, 4.69) is 15.9 Å². The fourth-order valence-electron chi connectivity index (χ4n) is 0.905. The number of hydrogen-bond acceptors (Lipinski definition) is 3. The third-order valence-electron chi connectivity index (χ3n) is 1.47. The summed E-state index contributed by atoms with van der Waals surface area (Å²) in [6, 6.07) is 6.67. The Balaban J connectivity index is 3.05. The van der Waals surface area contributed by atoms with Crippen LogP contribution in [0.3, 0.4) is 0 Å². The maximum Gasteiger partial charge on any atom is 0.230 e. The van der Waals surface area contributed by atoms with E-state index in [4.69, 9.17) is 5.26 Å². The molecule has 0 saturated heterocycles. The molecule has 1 aromatic rings. The SMILES string of the molecule is N#Cc1ccc(Br)c(C[N+](=O)[O-])c1. The summed E-state index contributed by atoms with van der Waals surface area (Å²) in [4.78, 5) is 9.79. The van der Waals surface area contributed by atoms with E-state index < -0.39 is 4.92 Å². The number of nitriles is 1. The lowest BCUT2D eigenvalue weighted by Crippen LogP contribution is -1.99. The van der Waals surface area contributed by atoms with Crippen molar-refractivity contribution in [3.05, 3.63) is 43.9 Å². The van der Waals surface area contributed by atoms with E-state index in [1.54, 1.807) is 12.1 Å². The van der Waals surface area contributed by atoms with Crippen LogP contribution in [-0.4, -0.2) is 4.92 Å². The van der Waals surface area contributed by atoms with Gasteiger partial charge in [-0.3, -0.25) is 10.1 Å². The van der Waals surface area contributed by atoms with Gasteiger partial charge in [0, 0.05) is 15.0 Å². The summed E-state index contributed by atoms with van der Waals surface area (Å²) in [6.45, 7) is -0.268. The average Bonchev–Trinajstić information content (AvgIpc) is 2.08. The first-order valence-electron chi connectivity index (χ1n) is 3.44. The molecule has 66 valence electrons. The summed E-state index contributed by atoms with van der Waals surface area (Å²) in [5, 5.41) is 18.8. The van der Waals surface area contributed by atoms with Crippen LogP contribution in [0.15, 0.2) is 22.7 Å². The van der Waals surface area contributed by atoms with Crippen molar-refractivity contribution in [1.29, 1.82) is 5.26 Å². The van der Waals surface area contributed by atoms with E-state index in [-0.39, 0.29) is 6.54 Å². The van der Waals surface area contributed by atoms with Gasteiger partial charge < -0.3 is 0 Å². The van der Waals surface area contributed by atoms with Crippen LogP contribution in [0, 0.1) is 21.4 Å². The van der Waals surface area contributed by atoms with Crippen LogP contribution in [0.1, 0.15) is 11.1 Å². The number of halogens is 1. The van der Waals surface area contributed by atoms with Gasteiger partial charge >= 0.3 is 0 Å². The molecular formula is C8H5BrN2O2. The van der Waals surface area contributed by atoms with Crippen molar-refractivity contribution in [2.24, 2.45) is 0 Å². The summed E-state index contributed by atoms with van der Waals surface area (Å²) < 4.78 is 0.656. The standard InChI is InChI=1S/C8H5BrN2O2/c9-8-2-1-6(4-10)3-7(8)5-11(12)13/h1-3H,5H2. The van der Waals surface area contributed by atoms with Gasteiger partial charge in [-0.15, -0.1) is 0 Å². The molecule has 0 unspecified atom stereocenters. The van der Waals surface area contributed by atoms with Crippen LogP contribution in [0.2, 0.25) is 0 Å². The van der Waals surface area contributed by atoms with Gasteiger partial charge in [0.05, 0.1) is 11.6 Å². The Morgan fingerprint density at radius 2 is 2.31 bits per heavy atom. The van der Waals surface area contributed by atoms with Crippen molar-refractivity contribution in [3.8, 4) is 6.07 Å². The minimum absolute atomic E-state index is 0.268. The first kappa shape index (κ1) is 9.68. The predicted molar refractivity (Wildman–Crippen MR) is 49.6 cm³/mol. The summed E-state index contributed by atoms with van der Waals surface area (Å²) in [5.74, 6) is 0. The highest BCUT2D eigenvalue weighted by Gasteiger charge is 2.07. The van der Waals surface area contributed by atoms with Crippen molar-refractivity contribution in [3.63, 3.8) is 0 Å². The second-order valence-electron chi connectivity index (χ2n) is 2.41. The van der Waals surface area contributed by atoms with Crippen LogP contribution < -0.4 is 0 Å². The molecule has 0 N–H and O–H groups in total. The van der Waals surface area contributed by atoms with Gasteiger partial charge in [-0.2, -0.15) is 5.26 Å². The van der Waals surface area contributed by atoms with Crippen molar-refractivity contribution in [2.75, 3.05) is 0 Å². The van der Waals surface area contributed by atoms with E-state index in [0.29, 0.717) is 15.6 Å². The molecule has 0 radical (unpaired) electrons. The molecule has 0 fully saturated rings. The molecule has 0 amide bonds. The number of hydrogen-bond donors (Lipinski definition) is 0. The van der Waals surface area contributed by atoms with E-state index >= 15 is 0 Å².